The first-order valence-corrected chi connectivity index (χ1v) is 5.05. The summed E-state index contributed by atoms with van der Waals surface area (Å²) in [5, 5.41) is 10.7. The molecule has 0 amide bonds. The van der Waals surface area contributed by atoms with E-state index >= 15 is 0 Å². The minimum atomic E-state index is -0.945. The first kappa shape index (κ1) is 13.1. The lowest BCUT2D eigenvalue weighted by molar-refractivity contribution is -0.388. The van der Waals surface area contributed by atoms with Crippen molar-refractivity contribution >= 4 is 11.7 Å². The largest absolute Gasteiger partial charge is 0.466 e. The number of nitro benzene ring substituents is 1. The van der Waals surface area contributed by atoms with Crippen molar-refractivity contribution in [3.05, 3.63) is 39.2 Å². The van der Waals surface area contributed by atoms with Crippen LogP contribution in [0, 0.1) is 22.9 Å². The van der Waals surface area contributed by atoms with Crippen molar-refractivity contribution in [2.24, 2.45) is 0 Å². The number of halogens is 1. The molecule has 92 valence electrons. The van der Waals surface area contributed by atoms with E-state index in [9.17, 15) is 19.3 Å². The van der Waals surface area contributed by atoms with Crippen LogP contribution in [0.2, 0.25) is 0 Å². The topological polar surface area (TPSA) is 69.4 Å². The van der Waals surface area contributed by atoms with Gasteiger partial charge in [0.05, 0.1) is 18.0 Å². The van der Waals surface area contributed by atoms with Crippen molar-refractivity contribution in [1.29, 1.82) is 0 Å². The average molecular weight is 241 g/mol. The number of ether oxygens (including phenoxy) is 1. The second-order valence-corrected chi connectivity index (χ2v) is 3.43. The Kier molecular flexibility index (Phi) is 4.14. The third-order valence-corrected chi connectivity index (χ3v) is 2.28. The van der Waals surface area contributed by atoms with Gasteiger partial charge in [-0.3, -0.25) is 14.9 Å². The quantitative estimate of drug-likeness (QED) is 0.460. The molecule has 1 rings (SSSR count). The van der Waals surface area contributed by atoms with Crippen LogP contribution in [0.15, 0.2) is 12.1 Å². The molecular formula is C11H12FNO4. The van der Waals surface area contributed by atoms with Crippen molar-refractivity contribution in [3.63, 3.8) is 0 Å². The molecular weight excluding hydrogens is 229 g/mol. The highest BCUT2D eigenvalue weighted by Crippen LogP contribution is 2.26. The number of benzene rings is 1. The van der Waals surface area contributed by atoms with Gasteiger partial charge in [-0.15, -0.1) is 0 Å². The van der Waals surface area contributed by atoms with E-state index in [-0.39, 0.29) is 18.6 Å². The number of esters is 1. The number of nitrogens with zero attached hydrogens (tertiary/aromatic N) is 1. The maximum absolute atomic E-state index is 13.3. The van der Waals surface area contributed by atoms with Crippen LogP contribution in [0.4, 0.5) is 10.1 Å². The Balaban J connectivity index is 3.16. The number of rotatable bonds is 4. The summed E-state index contributed by atoms with van der Waals surface area (Å²) in [6, 6.07) is 2.42. The van der Waals surface area contributed by atoms with Gasteiger partial charge in [0.1, 0.15) is 0 Å². The van der Waals surface area contributed by atoms with Gasteiger partial charge in [-0.1, -0.05) is 6.07 Å². The van der Waals surface area contributed by atoms with E-state index in [1.807, 2.05) is 0 Å². The number of nitro groups is 1. The van der Waals surface area contributed by atoms with Crippen LogP contribution in [0.3, 0.4) is 0 Å². The van der Waals surface area contributed by atoms with Crippen LogP contribution in [-0.2, 0) is 16.0 Å². The minimum absolute atomic E-state index is 0.0634. The minimum Gasteiger partial charge on any atom is -0.466 e. The van der Waals surface area contributed by atoms with Gasteiger partial charge in [-0.05, 0) is 25.5 Å². The molecule has 0 radical (unpaired) electrons. The number of hydrogen-bond donors (Lipinski definition) is 0. The molecule has 0 saturated carbocycles. The Hall–Kier alpha value is -1.98. The summed E-state index contributed by atoms with van der Waals surface area (Å²) in [5.74, 6) is -1.55. The molecule has 0 bridgehead atoms. The van der Waals surface area contributed by atoms with Crippen molar-refractivity contribution in [3.8, 4) is 0 Å². The lowest BCUT2D eigenvalue weighted by atomic mass is 10.0. The Labute approximate surface area is 97.3 Å². The standard InChI is InChI=1S/C11H12FNO4/c1-3-17-10(14)6-8-7(2)4-5-9(12)11(8)13(15)16/h4-5H,3,6H2,1-2H3. The fourth-order valence-corrected chi connectivity index (χ4v) is 1.49. The van der Waals surface area contributed by atoms with Crippen molar-refractivity contribution in [2.45, 2.75) is 20.3 Å². The monoisotopic (exact) mass is 241 g/mol. The van der Waals surface area contributed by atoms with E-state index in [4.69, 9.17) is 4.74 Å². The zero-order valence-electron chi connectivity index (χ0n) is 9.53. The Morgan fingerprint density at radius 3 is 2.71 bits per heavy atom. The van der Waals surface area contributed by atoms with Crippen LogP contribution in [0.5, 0.6) is 0 Å². The zero-order chi connectivity index (χ0) is 13.0. The second-order valence-electron chi connectivity index (χ2n) is 3.43. The Morgan fingerprint density at radius 1 is 1.53 bits per heavy atom. The number of carbonyl (C=O) groups excluding carboxylic acids is 1. The summed E-state index contributed by atoms with van der Waals surface area (Å²) in [7, 11) is 0. The van der Waals surface area contributed by atoms with Gasteiger partial charge in [-0.2, -0.15) is 4.39 Å². The molecule has 6 heteroatoms. The summed E-state index contributed by atoms with van der Waals surface area (Å²) in [6.45, 7) is 3.40. The van der Waals surface area contributed by atoms with Gasteiger partial charge in [0.2, 0.25) is 5.82 Å². The van der Waals surface area contributed by atoms with E-state index in [0.717, 1.165) is 6.07 Å². The third-order valence-electron chi connectivity index (χ3n) is 2.28. The van der Waals surface area contributed by atoms with Crippen molar-refractivity contribution < 1.29 is 18.8 Å². The molecule has 0 spiro atoms. The van der Waals surface area contributed by atoms with E-state index in [1.54, 1.807) is 13.8 Å². The summed E-state index contributed by atoms with van der Waals surface area (Å²) < 4.78 is 18.0. The molecule has 1 aromatic rings. The molecule has 0 unspecified atom stereocenters. The van der Waals surface area contributed by atoms with Crippen LogP contribution < -0.4 is 0 Å². The summed E-state index contributed by atoms with van der Waals surface area (Å²) in [6.07, 6.45) is -0.298. The Morgan fingerprint density at radius 2 is 2.18 bits per heavy atom. The van der Waals surface area contributed by atoms with Gasteiger partial charge in [-0.25, -0.2) is 0 Å². The summed E-state index contributed by atoms with van der Waals surface area (Å²) >= 11 is 0. The molecule has 5 nitrogen and oxygen atoms in total. The predicted molar refractivity (Wildman–Crippen MR) is 58.1 cm³/mol. The van der Waals surface area contributed by atoms with Crippen molar-refractivity contribution in [2.75, 3.05) is 6.61 Å². The normalized spacial score (nSPS) is 10.1. The molecule has 0 N–H and O–H groups in total. The van der Waals surface area contributed by atoms with Crippen LogP contribution in [-0.4, -0.2) is 17.5 Å². The molecule has 0 aliphatic heterocycles. The smallest absolute Gasteiger partial charge is 0.310 e. The maximum atomic E-state index is 13.3. The van der Waals surface area contributed by atoms with Crippen molar-refractivity contribution in [1.82, 2.24) is 0 Å². The molecule has 1 aromatic carbocycles. The maximum Gasteiger partial charge on any atom is 0.310 e. The highest BCUT2D eigenvalue weighted by atomic mass is 19.1. The third kappa shape index (κ3) is 2.99. The average Bonchev–Trinajstić information content (AvgIpc) is 2.23. The molecule has 0 atom stereocenters. The van der Waals surface area contributed by atoms with Crippen LogP contribution in [0.25, 0.3) is 0 Å². The summed E-state index contributed by atoms with van der Waals surface area (Å²) in [5.41, 5.74) is -0.0994. The second kappa shape index (κ2) is 5.38. The molecule has 0 heterocycles. The molecule has 0 aliphatic carbocycles. The zero-order valence-corrected chi connectivity index (χ0v) is 9.53. The predicted octanol–water partition coefficient (Wildman–Crippen LogP) is 2.15. The van der Waals surface area contributed by atoms with E-state index in [0.29, 0.717) is 5.56 Å². The van der Waals surface area contributed by atoms with Gasteiger partial charge in [0.15, 0.2) is 0 Å². The fourth-order valence-electron chi connectivity index (χ4n) is 1.49. The first-order chi connectivity index (χ1) is 7.97. The fraction of sp³-hybridized carbons (Fsp3) is 0.364. The van der Waals surface area contributed by atoms with Crippen LogP contribution >= 0.6 is 0 Å². The Bertz CT molecular complexity index is 459. The van der Waals surface area contributed by atoms with Gasteiger partial charge >= 0.3 is 11.7 Å². The first-order valence-electron chi connectivity index (χ1n) is 5.05. The number of carbonyl (C=O) groups is 1. The lowest BCUT2D eigenvalue weighted by Crippen LogP contribution is -2.11. The molecule has 0 fully saturated rings. The summed E-state index contributed by atoms with van der Waals surface area (Å²) in [4.78, 5) is 21.2. The SMILES string of the molecule is CCOC(=O)Cc1c(C)ccc(F)c1[N+](=O)[O-]. The van der Waals surface area contributed by atoms with E-state index < -0.39 is 22.4 Å². The lowest BCUT2D eigenvalue weighted by Gasteiger charge is -2.07. The van der Waals surface area contributed by atoms with Gasteiger partial charge < -0.3 is 4.74 Å². The van der Waals surface area contributed by atoms with E-state index in [1.165, 1.54) is 6.07 Å². The van der Waals surface area contributed by atoms with E-state index in [2.05, 4.69) is 0 Å². The molecule has 0 aromatic heterocycles. The van der Waals surface area contributed by atoms with Gasteiger partial charge in [0, 0.05) is 5.56 Å². The molecule has 0 saturated heterocycles. The number of aryl methyl sites for hydroxylation is 1. The van der Waals surface area contributed by atoms with Crippen LogP contribution in [0.1, 0.15) is 18.1 Å². The highest BCUT2D eigenvalue weighted by molar-refractivity contribution is 5.75. The van der Waals surface area contributed by atoms with Gasteiger partial charge in [0.25, 0.3) is 0 Å². The number of hydrogen-bond acceptors (Lipinski definition) is 4. The molecule has 0 aliphatic rings. The highest BCUT2D eigenvalue weighted by Gasteiger charge is 2.24. The molecule has 17 heavy (non-hydrogen) atoms.